The molecule has 1 aliphatic carbocycles. The summed E-state index contributed by atoms with van der Waals surface area (Å²) in [6.07, 6.45) is 8.32. The van der Waals surface area contributed by atoms with Gasteiger partial charge in [-0.15, -0.1) is 0 Å². The molecule has 0 amide bonds. The number of H-pyrrole nitrogens is 1. The highest BCUT2D eigenvalue weighted by atomic mass is 16.5. The highest BCUT2D eigenvalue weighted by molar-refractivity contribution is 5.62. The maximum atomic E-state index is 5.70. The van der Waals surface area contributed by atoms with E-state index in [9.17, 15) is 0 Å². The van der Waals surface area contributed by atoms with E-state index in [1.165, 1.54) is 35.4 Å². The first kappa shape index (κ1) is 29.7. The maximum Gasteiger partial charge on any atom is 0.0947 e. The quantitative estimate of drug-likeness (QED) is 0.527. The van der Waals surface area contributed by atoms with Crippen LogP contribution >= 0.6 is 0 Å². The van der Waals surface area contributed by atoms with Crippen LogP contribution in [0.1, 0.15) is 130 Å². The van der Waals surface area contributed by atoms with E-state index in [0.29, 0.717) is 5.92 Å². The number of fused-ring (bicyclic) bond motifs is 3. The Kier molecular flexibility index (Phi) is 23.2. The standard InChI is InChI=1S/C14H19NO.5C2H6/c1-3-10-5-4-6-11-12-7-8-16-9(2)13(12)15-14(10)11;5*1-2/h4,6,9-10,15H,3,5,7-8H2,1-2H3;5*1-2H3. The van der Waals surface area contributed by atoms with Crippen molar-refractivity contribution in [2.24, 2.45) is 0 Å². The molecule has 2 atom stereocenters. The highest BCUT2D eigenvalue weighted by Crippen LogP contribution is 2.39. The fourth-order valence-corrected chi connectivity index (χ4v) is 2.98. The molecule has 0 fully saturated rings. The molecule has 2 nitrogen and oxygen atoms in total. The van der Waals surface area contributed by atoms with Crippen LogP contribution in [0.4, 0.5) is 0 Å². The summed E-state index contributed by atoms with van der Waals surface area (Å²) in [6, 6.07) is 0. The van der Waals surface area contributed by atoms with Crippen LogP contribution in [0.25, 0.3) is 6.08 Å². The van der Waals surface area contributed by atoms with Crippen LogP contribution in [0.2, 0.25) is 0 Å². The maximum absolute atomic E-state index is 5.70. The summed E-state index contributed by atoms with van der Waals surface area (Å²) >= 11 is 0. The number of rotatable bonds is 1. The van der Waals surface area contributed by atoms with Gasteiger partial charge in [-0.3, -0.25) is 0 Å². The number of hydrogen-bond donors (Lipinski definition) is 1. The van der Waals surface area contributed by atoms with Crippen molar-refractivity contribution in [3.8, 4) is 0 Å². The van der Waals surface area contributed by atoms with Crippen LogP contribution in [-0.4, -0.2) is 11.6 Å². The Hall–Kier alpha value is -1.02. The first-order valence-corrected chi connectivity index (χ1v) is 11.3. The lowest BCUT2D eigenvalue weighted by molar-refractivity contribution is 0.0528. The van der Waals surface area contributed by atoms with Gasteiger partial charge < -0.3 is 9.72 Å². The van der Waals surface area contributed by atoms with E-state index >= 15 is 0 Å². The van der Waals surface area contributed by atoms with E-state index in [-0.39, 0.29) is 6.10 Å². The summed E-state index contributed by atoms with van der Waals surface area (Å²) < 4.78 is 5.70. The largest absolute Gasteiger partial charge is 0.372 e. The van der Waals surface area contributed by atoms with Gasteiger partial charge in [0, 0.05) is 17.3 Å². The van der Waals surface area contributed by atoms with E-state index < -0.39 is 0 Å². The molecule has 0 saturated carbocycles. The monoisotopic (exact) mass is 367 g/mol. The van der Waals surface area contributed by atoms with Gasteiger partial charge in [-0.2, -0.15) is 0 Å². The van der Waals surface area contributed by atoms with Gasteiger partial charge >= 0.3 is 0 Å². The van der Waals surface area contributed by atoms with Gasteiger partial charge in [-0.1, -0.05) is 88.3 Å². The summed E-state index contributed by atoms with van der Waals surface area (Å²) in [6.45, 7) is 25.3. The molecule has 2 heteroatoms. The summed E-state index contributed by atoms with van der Waals surface area (Å²) in [5, 5.41) is 0. The van der Waals surface area contributed by atoms with Gasteiger partial charge in [0.25, 0.3) is 0 Å². The molecular weight excluding hydrogens is 318 g/mol. The average molecular weight is 368 g/mol. The number of ether oxygens (including phenoxy) is 1. The van der Waals surface area contributed by atoms with Gasteiger partial charge in [0.15, 0.2) is 0 Å². The third kappa shape index (κ3) is 8.12. The van der Waals surface area contributed by atoms with Gasteiger partial charge in [-0.25, -0.2) is 0 Å². The van der Waals surface area contributed by atoms with Gasteiger partial charge in [-0.05, 0) is 37.3 Å². The van der Waals surface area contributed by atoms with Gasteiger partial charge in [0.2, 0.25) is 0 Å². The normalized spacial score (nSPS) is 18.2. The van der Waals surface area contributed by atoms with Crippen molar-refractivity contribution in [2.75, 3.05) is 6.61 Å². The molecule has 3 rings (SSSR count). The molecule has 1 aliphatic heterocycles. The summed E-state index contributed by atoms with van der Waals surface area (Å²) in [7, 11) is 0. The fraction of sp³-hybridized carbons (Fsp3) is 0.750. The van der Waals surface area contributed by atoms with E-state index in [0.717, 1.165) is 13.0 Å². The highest BCUT2D eigenvalue weighted by Gasteiger charge is 2.27. The zero-order chi connectivity index (χ0) is 21.1. The van der Waals surface area contributed by atoms with Gasteiger partial charge in [0.05, 0.1) is 12.7 Å². The second kappa shape index (κ2) is 20.3. The molecular formula is C24H49NO. The Bertz CT molecular complexity index is 432. The van der Waals surface area contributed by atoms with Crippen molar-refractivity contribution in [1.29, 1.82) is 0 Å². The Morgan fingerprint density at radius 3 is 1.96 bits per heavy atom. The van der Waals surface area contributed by atoms with Crippen molar-refractivity contribution in [3.05, 3.63) is 28.6 Å². The smallest absolute Gasteiger partial charge is 0.0947 e. The number of aromatic amines is 1. The zero-order valence-electron chi connectivity index (χ0n) is 20.0. The lowest BCUT2D eigenvalue weighted by atomic mass is 9.88. The molecule has 0 aromatic carbocycles. The first-order chi connectivity index (χ1) is 12.8. The van der Waals surface area contributed by atoms with Crippen LogP contribution in [0, 0.1) is 0 Å². The number of aromatic nitrogens is 1. The molecule has 0 saturated heterocycles. The molecule has 1 N–H and O–H groups in total. The van der Waals surface area contributed by atoms with Crippen molar-refractivity contribution in [1.82, 2.24) is 4.98 Å². The second-order valence-corrected chi connectivity index (χ2v) is 4.85. The molecule has 1 aromatic rings. The molecule has 2 unspecified atom stereocenters. The molecule has 0 radical (unpaired) electrons. The van der Waals surface area contributed by atoms with E-state index in [2.05, 4.69) is 31.0 Å². The topological polar surface area (TPSA) is 25.0 Å². The number of hydrogen-bond acceptors (Lipinski definition) is 1. The van der Waals surface area contributed by atoms with Crippen molar-refractivity contribution in [3.63, 3.8) is 0 Å². The summed E-state index contributed by atoms with van der Waals surface area (Å²) in [4.78, 5) is 3.63. The Morgan fingerprint density at radius 2 is 1.46 bits per heavy atom. The van der Waals surface area contributed by atoms with Crippen LogP contribution in [0.15, 0.2) is 6.08 Å². The minimum Gasteiger partial charge on any atom is -0.372 e. The summed E-state index contributed by atoms with van der Waals surface area (Å²) in [5.41, 5.74) is 5.74. The van der Waals surface area contributed by atoms with E-state index in [1.54, 1.807) is 0 Å². The Balaban J connectivity index is -0.000000462. The predicted molar refractivity (Wildman–Crippen MR) is 122 cm³/mol. The third-order valence-electron chi connectivity index (χ3n) is 3.94. The van der Waals surface area contributed by atoms with Gasteiger partial charge in [0.1, 0.15) is 0 Å². The number of allylic oxidation sites excluding steroid dienone is 1. The van der Waals surface area contributed by atoms with Crippen molar-refractivity contribution in [2.45, 2.75) is 114 Å². The molecule has 2 aliphatic rings. The molecule has 0 spiro atoms. The van der Waals surface area contributed by atoms with E-state index in [4.69, 9.17) is 4.74 Å². The first-order valence-electron chi connectivity index (χ1n) is 11.3. The predicted octanol–water partition coefficient (Wildman–Crippen LogP) is 8.69. The third-order valence-corrected chi connectivity index (χ3v) is 3.94. The van der Waals surface area contributed by atoms with Crippen LogP contribution in [-0.2, 0) is 11.2 Å². The minimum absolute atomic E-state index is 0.236. The van der Waals surface area contributed by atoms with Crippen molar-refractivity contribution >= 4 is 6.08 Å². The molecule has 26 heavy (non-hydrogen) atoms. The lowest BCUT2D eigenvalue weighted by Gasteiger charge is -2.20. The average Bonchev–Trinajstić information content (AvgIpc) is 3.16. The molecule has 2 heterocycles. The minimum atomic E-state index is 0.236. The lowest BCUT2D eigenvalue weighted by Crippen LogP contribution is -2.13. The molecule has 156 valence electrons. The second-order valence-electron chi connectivity index (χ2n) is 4.85. The SMILES string of the molecule is CC.CC.CC.CC.CC.CCC1CC=Cc2c1[nH]c1c2CCOC1C. The fourth-order valence-electron chi connectivity index (χ4n) is 2.98. The number of nitrogens with one attached hydrogen (secondary N) is 1. The van der Waals surface area contributed by atoms with E-state index in [1.807, 2.05) is 69.2 Å². The van der Waals surface area contributed by atoms with Crippen molar-refractivity contribution < 1.29 is 4.74 Å². The van der Waals surface area contributed by atoms with Crippen LogP contribution in [0.5, 0.6) is 0 Å². The van der Waals surface area contributed by atoms with Crippen LogP contribution in [0.3, 0.4) is 0 Å². The zero-order valence-corrected chi connectivity index (χ0v) is 20.0. The summed E-state index contributed by atoms with van der Waals surface area (Å²) in [5.74, 6) is 0.679. The molecule has 0 bridgehead atoms. The van der Waals surface area contributed by atoms with Crippen LogP contribution < -0.4 is 0 Å². The Morgan fingerprint density at radius 1 is 0.923 bits per heavy atom. The molecule has 1 aromatic heterocycles. The Labute approximate surface area is 165 Å².